The lowest BCUT2D eigenvalue weighted by atomic mass is 9.71. The highest BCUT2D eigenvalue weighted by atomic mass is 19.1. The second-order valence-electron chi connectivity index (χ2n) is 6.35. The van der Waals surface area contributed by atoms with E-state index in [0.717, 1.165) is 32.1 Å². The molecule has 122 valence electrons. The van der Waals surface area contributed by atoms with Crippen LogP contribution < -0.4 is 10.6 Å². The van der Waals surface area contributed by atoms with Crippen LogP contribution >= 0.6 is 0 Å². The van der Waals surface area contributed by atoms with Crippen molar-refractivity contribution in [1.82, 2.24) is 10.6 Å². The molecule has 1 unspecified atom stereocenters. The molecule has 0 aromatic heterocycles. The summed E-state index contributed by atoms with van der Waals surface area (Å²) >= 11 is 0. The molecule has 0 heterocycles. The lowest BCUT2D eigenvalue weighted by Gasteiger charge is -2.37. The van der Waals surface area contributed by atoms with Crippen LogP contribution in [0, 0.1) is 11.3 Å². The first kappa shape index (κ1) is 18.1. The quantitative estimate of drug-likeness (QED) is 0.719. The van der Waals surface area contributed by atoms with Crippen LogP contribution in [0.25, 0.3) is 0 Å². The maximum Gasteiger partial charge on any atom is 0.224 e. The summed E-state index contributed by atoms with van der Waals surface area (Å²) in [6.07, 6.45) is 8.36. The first-order chi connectivity index (χ1) is 10.1. The van der Waals surface area contributed by atoms with Gasteiger partial charge in [0.1, 0.15) is 0 Å². The highest BCUT2D eigenvalue weighted by molar-refractivity contribution is 5.78. The molecule has 0 aromatic carbocycles. The van der Waals surface area contributed by atoms with Crippen LogP contribution in [0.15, 0.2) is 11.9 Å². The molecule has 0 aromatic rings. The van der Waals surface area contributed by atoms with Crippen molar-refractivity contribution < 1.29 is 9.18 Å². The molecule has 0 saturated heterocycles. The van der Waals surface area contributed by atoms with Crippen molar-refractivity contribution in [2.24, 2.45) is 11.3 Å². The van der Waals surface area contributed by atoms with Gasteiger partial charge in [-0.3, -0.25) is 4.79 Å². The van der Waals surface area contributed by atoms with Crippen molar-refractivity contribution in [3.05, 3.63) is 11.9 Å². The molecule has 1 amide bonds. The third kappa shape index (κ3) is 5.77. The third-order valence-electron chi connectivity index (χ3n) is 4.72. The summed E-state index contributed by atoms with van der Waals surface area (Å²) in [5.74, 6) is 0.0494. The third-order valence-corrected chi connectivity index (χ3v) is 4.72. The minimum atomic E-state index is -0.0809. The van der Waals surface area contributed by atoms with Crippen LogP contribution in [0.4, 0.5) is 4.39 Å². The summed E-state index contributed by atoms with van der Waals surface area (Å²) in [5, 5.41) is 6.14. The summed E-state index contributed by atoms with van der Waals surface area (Å²) in [6, 6.07) is 0. The number of halogens is 1. The van der Waals surface area contributed by atoms with Crippen LogP contribution in [-0.4, -0.2) is 26.0 Å². The second kappa shape index (κ2) is 9.19. The SMILES string of the molecule is C/C=C(/F)CC1(CNC(=O)C(CC)CNC)CCCCC1. The van der Waals surface area contributed by atoms with Gasteiger partial charge in [0.25, 0.3) is 0 Å². The molecule has 1 rings (SSSR count). The minimum Gasteiger partial charge on any atom is -0.355 e. The van der Waals surface area contributed by atoms with Crippen LogP contribution in [0.3, 0.4) is 0 Å². The molecule has 1 saturated carbocycles. The molecule has 0 radical (unpaired) electrons. The number of rotatable bonds is 8. The van der Waals surface area contributed by atoms with E-state index in [0.29, 0.717) is 19.5 Å². The number of allylic oxidation sites excluding steroid dienone is 2. The Labute approximate surface area is 128 Å². The summed E-state index contributed by atoms with van der Waals surface area (Å²) < 4.78 is 13.8. The Morgan fingerprint density at radius 2 is 2.00 bits per heavy atom. The van der Waals surface area contributed by atoms with Crippen molar-refractivity contribution >= 4 is 5.91 Å². The zero-order valence-electron chi connectivity index (χ0n) is 13.8. The monoisotopic (exact) mass is 298 g/mol. The van der Waals surface area contributed by atoms with Crippen molar-refractivity contribution in [2.45, 2.75) is 58.8 Å². The van der Waals surface area contributed by atoms with Gasteiger partial charge in [0.2, 0.25) is 5.91 Å². The highest BCUT2D eigenvalue weighted by Gasteiger charge is 2.34. The van der Waals surface area contributed by atoms with Gasteiger partial charge in [0.05, 0.1) is 11.7 Å². The van der Waals surface area contributed by atoms with Gasteiger partial charge in [-0.15, -0.1) is 0 Å². The van der Waals surface area contributed by atoms with Gasteiger partial charge in [-0.25, -0.2) is 4.39 Å². The normalized spacial score (nSPS) is 20.1. The molecule has 0 spiro atoms. The molecule has 21 heavy (non-hydrogen) atoms. The largest absolute Gasteiger partial charge is 0.355 e. The van der Waals surface area contributed by atoms with Crippen molar-refractivity contribution in [1.29, 1.82) is 0 Å². The van der Waals surface area contributed by atoms with Crippen molar-refractivity contribution in [3.8, 4) is 0 Å². The minimum absolute atomic E-state index is 0.00204. The van der Waals surface area contributed by atoms with Crippen LogP contribution in [0.2, 0.25) is 0 Å². The fourth-order valence-electron chi connectivity index (χ4n) is 3.27. The Hall–Kier alpha value is -0.900. The Balaban J connectivity index is 2.62. The number of nitrogens with one attached hydrogen (secondary N) is 2. The van der Waals surface area contributed by atoms with E-state index in [9.17, 15) is 9.18 Å². The van der Waals surface area contributed by atoms with Crippen LogP contribution in [-0.2, 0) is 4.79 Å². The van der Waals surface area contributed by atoms with E-state index < -0.39 is 0 Å². The lowest BCUT2D eigenvalue weighted by Crippen LogP contribution is -2.43. The van der Waals surface area contributed by atoms with E-state index in [-0.39, 0.29) is 23.1 Å². The molecule has 4 heteroatoms. The zero-order valence-corrected chi connectivity index (χ0v) is 13.8. The average Bonchev–Trinajstić information content (AvgIpc) is 2.51. The predicted octanol–water partition coefficient (Wildman–Crippen LogP) is 3.56. The molecule has 1 aliphatic rings. The Kier molecular flexibility index (Phi) is 7.94. The lowest BCUT2D eigenvalue weighted by molar-refractivity contribution is -0.125. The molecule has 2 N–H and O–H groups in total. The molecule has 0 aliphatic heterocycles. The molecular weight excluding hydrogens is 267 g/mol. The molecule has 3 nitrogen and oxygen atoms in total. The average molecular weight is 298 g/mol. The number of carbonyl (C=O) groups excluding carboxylic acids is 1. The second-order valence-corrected chi connectivity index (χ2v) is 6.35. The fourth-order valence-corrected chi connectivity index (χ4v) is 3.27. The van der Waals surface area contributed by atoms with E-state index in [4.69, 9.17) is 0 Å². The van der Waals surface area contributed by atoms with Gasteiger partial charge >= 0.3 is 0 Å². The smallest absolute Gasteiger partial charge is 0.224 e. The van der Waals surface area contributed by atoms with Gasteiger partial charge in [-0.2, -0.15) is 0 Å². The Morgan fingerprint density at radius 3 is 2.52 bits per heavy atom. The highest BCUT2D eigenvalue weighted by Crippen LogP contribution is 2.41. The summed E-state index contributed by atoms with van der Waals surface area (Å²) in [4.78, 5) is 12.2. The van der Waals surface area contributed by atoms with Gasteiger partial charge in [0.15, 0.2) is 0 Å². The Bertz CT molecular complexity index is 349. The summed E-state index contributed by atoms with van der Waals surface area (Å²) in [6.45, 7) is 5.06. The van der Waals surface area contributed by atoms with Crippen LogP contribution in [0.5, 0.6) is 0 Å². The Morgan fingerprint density at radius 1 is 1.33 bits per heavy atom. The van der Waals surface area contributed by atoms with Crippen LogP contribution in [0.1, 0.15) is 58.8 Å². The standard InChI is InChI=1S/C17H31FN2O/c1-4-14(12-19-3)16(21)20-13-17(11-15(18)5-2)9-7-6-8-10-17/h5,14,19H,4,6-13H2,1-3H3,(H,20,21)/b15-5+. The van der Waals surface area contributed by atoms with Gasteiger partial charge in [-0.05, 0) is 38.6 Å². The number of carbonyl (C=O) groups is 1. The molecule has 1 aliphatic carbocycles. The van der Waals surface area contributed by atoms with E-state index in [1.54, 1.807) is 13.0 Å². The molecule has 1 atom stereocenters. The molecule has 0 bridgehead atoms. The number of amides is 1. The first-order valence-electron chi connectivity index (χ1n) is 8.30. The number of hydrogen-bond acceptors (Lipinski definition) is 2. The first-order valence-corrected chi connectivity index (χ1v) is 8.30. The fraction of sp³-hybridized carbons (Fsp3) is 0.824. The summed E-state index contributed by atoms with van der Waals surface area (Å²) in [5.41, 5.74) is -0.0809. The van der Waals surface area contributed by atoms with E-state index in [2.05, 4.69) is 10.6 Å². The zero-order chi connectivity index (χ0) is 15.7. The molecular formula is C17H31FN2O. The topological polar surface area (TPSA) is 41.1 Å². The maximum atomic E-state index is 13.8. The van der Waals surface area contributed by atoms with Gasteiger partial charge in [-0.1, -0.05) is 32.3 Å². The van der Waals surface area contributed by atoms with Gasteiger partial charge < -0.3 is 10.6 Å². The maximum absolute atomic E-state index is 13.8. The van der Waals surface area contributed by atoms with E-state index in [1.165, 1.54) is 6.42 Å². The van der Waals surface area contributed by atoms with Crippen molar-refractivity contribution in [2.75, 3.05) is 20.1 Å². The summed E-state index contributed by atoms with van der Waals surface area (Å²) in [7, 11) is 1.86. The number of hydrogen-bond donors (Lipinski definition) is 2. The van der Waals surface area contributed by atoms with Crippen molar-refractivity contribution in [3.63, 3.8) is 0 Å². The van der Waals surface area contributed by atoms with E-state index >= 15 is 0 Å². The predicted molar refractivity (Wildman–Crippen MR) is 85.7 cm³/mol. The van der Waals surface area contributed by atoms with E-state index in [1.807, 2.05) is 14.0 Å². The molecule has 1 fully saturated rings. The van der Waals surface area contributed by atoms with Gasteiger partial charge in [0, 0.05) is 19.5 Å².